The Labute approximate surface area is 117 Å². The Hall–Kier alpha value is -1.50. The van der Waals surface area contributed by atoms with Crippen molar-refractivity contribution >= 4 is 16.5 Å². The molecule has 1 nitrogen and oxygen atoms in total. The van der Waals surface area contributed by atoms with Gasteiger partial charge in [0.2, 0.25) is 0 Å². The van der Waals surface area contributed by atoms with E-state index in [-0.39, 0.29) is 0 Å². The summed E-state index contributed by atoms with van der Waals surface area (Å²) in [7, 11) is 0. The Morgan fingerprint density at radius 2 is 1.58 bits per heavy atom. The summed E-state index contributed by atoms with van der Waals surface area (Å²) in [5, 5.41) is 2.50. The average Bonchev–Trinajstić information content (AvgIpc) is 2.47. The minimum Gasteiger partial charge on any atom is -0.371 e. The second-order valence-electron chi connectivity index (χ2n) is 5.12. The number of nitrogens with zero attached hydrogens (tertiary/aromatic N) is 1. The number of rotatable bonds is 7. The summed E-state index contributed by atoms with van der Waals surface area (Å²) in [5.41, 5.74) is 1.25. The predicted octanol–water partition coefficient (Wildman–Crippen LogP) is 5.05. The predicted molar refractivity (Wildman–Crippen MR) is 84.8 cm³/mol. The lowest BCUT2D eigenvalue weighted by Gasteiger charge is -2.24. The fourth-order valence-electron chi connectivity index (χ4n) is 2.34. The van der Waals surface area contributed by atoms with E-state index in [1.54, 1.807) is 0 Å². The number of benzene rings is 2. The minimum atomic E-state index is 1.14. The molecule has 0 atom stereocenters. The maximum absolute atomic E-state index is 3.57. The van der Waals surface area contributed by atoms with Gasteiger partial charge in [-0.15, -0.1) is 0 Å². The van der Waals surface area contributed by atoms with E-state index in [9.17, 15) is 0 Å². The van der Waals surface area contributed by atoms with Crippen molar-refractivity contribution in [1.82, 2.24) is 0 Å². The molecule has 0 aliphatic heterocycles. The van der Waals surface area contributed by atoms with Crippen molar-refractivity contribution in [2.75, 3.05) is 18.0 Å². The fraction of sp³-hybridized carbons (Fsp3) is 0.444. The van der Waals surface area contributed by atoms with E-state index in [2.05, 4.69) is 61.2 Å². The molecular weight excluding hydrogens is 230 g/mol. The van der Waals surface area contributed by atoms with Gasteiger partial charge in [0.1, 0.15) is 0 Å². The molecule has 0 saturated carbocycles. The Bertz CT molecular complexity index is 496. The van der Waals surface area contributed by atoms with Crippen LogP contribution in [0.3, 0.4) is 0 Å². The van der Waals surface area contributed by atoms with Crippen LogP contribution in [0.5, 0.6) is 0 Å². The van der Waals surface area contributed by atoms with Crippen LogP contribution in [0.4, 0.5) is 5.69 Å². The fourth-order valence-corrected chi connectivity index (χ4v) is 2.34. The molecule has 0 aromatic heterocycles. The van der Waals surface area contributed by atoms with Crippen molar-refractivity contribution in [1.29, 1.82) is 0 Å². The summed E-state index contributed by atoms with van der Waals surface area (Å²) in [6.45, 7) is 6.79. The quantitative estimate of drug-likeness (QED) is 0.668. The second kappa shape index (κ2) is 7.18. The van der Waals surface area contributed by atoms with E-state index in [0.29, 0.717) is 0 Å². The van der Waals surface area contributed by atoms with Crippen LogP contribution in [0.1, 0.15) is 39.5 Å². The van der Waals surface area contributed by atoms with Gasteiger partial charge in [0, 0.05) is 24.8 Å². The van der Waals surface area contributed by atoms with E-state index in [1.165, 1.54) is 42.1 Å². The Morgan fingerprint density at radius 1 is 0.895 bits per heavy atom. The number of unbranched alkanes of at least 4 members (excludes halogenated alkanes) is 2. The zero-order valence-corrected chi connectivity index (χ0v) is 12.2. The molecule has 0 saturated heterocycles. The van der Waals surface area contributed by atoms with E-state index < -0.39 is 0 Å². The van der Waals surface area contributed by atoms with Crippen LogP contribution in [-0.4, -0.2) is 13.1 Å². The normalized spacial score (nSPS) is 10.8. The van der Waals surface area contributed by atoms with Gasteiger partial charge in [-0.3, -0.25) is 0 Å². The van der Waals surface area contributed by atoms with Crippen molar-refractivity contribution in [3.8, 4) is 0 Å². The van der Waals surface area contributed by atoms with Gasteiger partial charge in [-0.05, 0) is 29.7 Å². The lowest BCUT2D eigenvalue weighted by Crippen LogP contribution is -2.25. The first-order valence-electron chi connectivity index (χ1n) is 7.51. The van der Waals surface area contributed by atoms with Crippen molar-refractivity contribution in [2.45, 2.75) is 39.5 Å². The number of hydrogen-bond acceptors (Lipinski definition) is 1. The third-order valence-electron chi connectivity index (χ3n) is 3.55. The molecule has 0 aliphatic rings. The van der Waals surface area contributed by atoms with Crippen molar-refractivity contribution in [3.63, 3.8) is 0 Å². The molecule has 1 heteroatoms. The van der Waals surface area contributed by atoms with Gasteiger partial charge in [-0.2, -0.15) is 0 Å². The molecule has 0 N–H and O–H groups in total. The molecule has 1 radical (unpaired) electrons. The molecule has 2 rings (SSSR count). The maximum Gasteiger partial charge on any atom is 0.0453 e. The molecule has 101 valence electrons. The molecule has 2 aromatic carbocycles. The van der Waals surface area contributed by atoms with Gasteiger partial charge in [0.25, 0.3) is 0 Å². The van der Waals surface area contributed by atoms with Crippen molar-refractivity contribution < 1.29 is 0 Å². The average molecular weight is 254 g/mol. The highest BCUT2D eigenvalue weighted by molar-refractivity contribution is 5.85. The molecule has 0 unspecified atom stereocenters. The summed E-state index contributed by atoms with van der Waals surface area (Å²) in [4.78, 5) is 2.49. The van der Waals surface area contributed by atoms with Crippen molar-refractivity contribution in [2.24, 2.45) is 0 Å². The van der Waals surface area contributed by atoms with Crippen LogP contribution in [0.15, 0.2) is 36.4 Å². The molecule has 0 amide bonds. The Balaban J connectivity index is 2.21. The van der Waals surface area contributed by atoms with E-state index in [0.717, 1.165) is 13.1 Å². The third kappa shape index (κ3) is 3.73. The van der Waals surface area contributed by atoms with E-state index >= 15 is 0 Å². The molecule has 2 aromatic rings. The van der Waals surface area contributed by atoms with Crippen LogP contribution >= 0.6 is 0 Å². The number of fused-ring (bicyclic) bond motifs is 1. The molecule has 19 heavy (non-hydrogen) atoms. The van der Waals surface area contributed by atoms with Gasteiger partial charge in [-0.1, -0.05) is 57.0 Å². The van der Waals surface area contributed by atoms with Crippen LogP contribution in [-0.2, 0) is 0 Å². The van der Waals surface area contributed by atoms with Crippen LogP contribution in [0, 0.1) is 6.07 Å². The summed E-state index contributed by atoms with van der Waals surface area (Å²) >= 11 is 0. The smallest absolute Gasteiger partial charge is 0.0453 e. The minimum absolute atomic E-state index is 1.14. The largest absolute Gasteiger partial charge is 0.371 e. The summed E-state index contributed by atoms with van der Waals surface area (Å²) in [6, 6.07) is 16.5. The first-order valence-corrected chi connectivity index (χ1v) is 7.51. The Morgan fingerprint density at radius 3 is 2.26 bits per heavy atom. The zero-order chi connectivity index (χ0) is 13.5. The molecule has 0 spiro atoms. The monoisotopic (exact) mass is 254 g/mol. The first-order chi connectivity index (χ1) is 9.35. The first kappa shape index (κ1) is 13.9. The van der Waals surface area contributed by atoms with E-state index in [1.807, 2.05) is 0 Å². The second-order valence-corrected chi connectivity index (χ2v) is 5.12. The molecular formula is C18H24N. The molecule has 0 fully saturated rings. The van der Waals surface area contributed by atoms with Crippen molar-refractivity contribution in [3.05, 3.63) is 42.5 Å². The van der Waals surface area contributed by atoms with Crippen LogP contribution in [0.25, 0.3) is 10.8 Å². The zero-order valence-electron chi connectivity index (χ0n) is 12.2. The van der Waals surface area contributed by atoms with E-state index in [4.69, 9.17) is 0 Å². The van der Waals surface area contributed by atoms with Crippen LogP contribution in [0.2, 0.25) is 0 Å². The highest BCUT2D eigenvalue weighted by Gasteiger charge is 2.06. The lowest BCUT2D eigenvalue weighted by atomic mass is 10.1. The molecule has 0 bridgehead atoms. The maximum atomic E-state index is 3.57. The highest BCUT2D eigenvalue weighted by atomic mass is 15.1. The van der Waals surface area contributed by atoms with Gasteiger partial charge >= 0.3 is 0 Å². The molecule has 0 aliphatic carbocycles. The number of anilines is 1. The van der Waals surface area contributed by atoms with Gasteiger partial charge in [-0.25, -0.2) is 0 Å². The molecule has 0 heterocycles. The van der Waals surface area contributed by atoms with Crippen LogP contribution < -0.4 is 4.90 Å². The number of hydrogen-bond donors (Lipinski definition) is 0. The SMILES string of the molecule is CCCCN(CCCC)c1[c]c2ccccc2cc1. The lowest BCUT2D eigenvalue weighted by molar-refractivity contribution is 0.678. The summed E-state index contributed by atoms with van der Waals surface area (Å²) < 4.78 is 0. The standard InChI is InChI=1S/C18H24N/c1-3-5-13-19(14-6-4-2)18-12-11-16-9-7-8-10-17(16)15-18/h7-12H,3-6,13-14H2,1-2H3. The van der Waals surface area contributed by atoms with Gasteiger partial charge in [0.05, 0.1) is 0 Å². The summed E-state index contributed by atoms with van der Waals surface area (Å²) in [5.74, 6) is 0. The van der Waals surface area contributed by atoms with Gasteiger partial charge in [0.15, 0.2) is 0 Å². The summed E-state index contributed by atoms with van der Waals surface area (Å²) in [6.07, 6.45) is 5.00. The van der Waals surface area contributed by atoms with Gasteiger partial charge < -0.3 is 4.90 Å². The highest BCUT2D eigenvalue weighted by Crippen LogP contribution is 2.22. The topological polar surface area (TPSA) is 3.24 Å². The Kier molecular flexibility index (Phi) is 5.26. The third-order valence-corrected chi connectivity index (χ3v) is 3.55.